The second-order valence-corrected chi connectivity index (χ2v) is 8.60. The molecule has 2 aromatic carbocycles. The predicted molar refractivity (Wildman–Crippen MR) is 105 cm³/mol. The lowest BCUT2D eigenvalue weighted by Crippen LogP contribution is -2.25. The number of hydrogen-bond acceptors (Lipinski definition) is 4. The van der Waals surface area contributed by atoms with Crippen LogP contribution in [0.2, 0.25) is 5.02 Å². The number of rotatable bonds is 8. The number of carbonyl (C=O) groups is 1. The molecule has 0 heterocycles. The van der Waals surface area contributed by atoms with Crippen LogP contribution in [-0.2, 0) is 27.9 Å². The summed E-state index contributed by atoms with van der Waals surface area (Å²) in [7, 11) is -0.913. The zero-order chi connectivity index (χ0) is 20.0. The van der Waals surface area contributed by atoms with Gasteiger partial charge in [0.2, 0.25) is 10.0 Å². The first-order valence-corrected chi connectivity index (χ1v) is 10.2. The Balaban J connectivity index is 2.08. The van der Waals surface area contributed by atoms with E-state index < -0.39 is 10.0 Å². The number of amides is 1. The van der Waals surface area contributed by atoms with Gasteiger partial charge in [-0.05, 0) is 36.2 Å². The van der Waals surface area contributed by atoms with Gasteiger partial charge in [0.05, 0.1) is 11.6 Å². The second kappa shape index (κ2) is 9.32. The first-order valence-electron chi connectivity index (χ1n) is 8.41. The minimum Gasteiger partial charge on any atom is -0.377 e. The van der Waals surface area contributed by atoms with Crippen LogP contribution in [0.1, 0.15) is 28.4 Å². The van der Waals surface area contributed by atoms with E-state index in [0.29, 0.717) is 19.8 Å². The van der Waals surface area contributed by atoms with E-state index in [1.54, 1.807) is 0 Å². The molecule has 27 heavy (non-hydrogen) atoms. The second-order valence-electron chi connectivity index (χ2n) is 6.07. The van der Waals surface area contributed by atoms with E-state index in [1.165, 1.54) is 32.3 Å². The highest BCUT2D eigenvalue weighted by molar-refractivity contribution is 7.89. The number of benzene rings is 2. The van der Waals surface area contributed by atoms with Crippen LogP contribution < -0.4 is 5.32 Å². The van der Waals surface area contributed by atoms with Crippen molar-refractivity contribution in [2.45, 2.75) is 25.0 Å². The predicted octanol–water partition coefficient (Wildman–Crippen LogP) is 3.06. The molecular weight excluding hydrogens is 388 g/mol. The Hall–Kier alpha value is -1.93. The first kappa shape index (κ1) is 21.4. The Morgan fingerprint density at radius 2 is 1.74 bits per heavy atom. The van der Waals surface area contributed by atoms with Crippen molar-refractivity contribution in [3.63, 3.8) is 0 Å². The molecule has 146 valence electrons. The lowest BCUT2D eigenvalue weighted by molar-refractivity contribution is 0.0950. The molecule has 0 radical (unpaired) electrons. The Kier molecular flexibility index (Phi) is 7.38. The summed E-state index contributed by atoms with van der Waals surface area (Å²) in [5, 5.41) is 2.86. The molecule has 0 aliphatic heterocycles. The zero-order valence-corrected chi connectivity index (χ0v) is 17.1. The van der Waals surface area contributed by atoms with Crippen molar-refractivity contribution < 1.29 is 17.9 Å². The molecule has 1 N–H and O–H groups in total. The van der Waals surface area contributed by atoms with Crippen molar-refractivity contribution in [1.29, 1.82) is 0 Å². The van der Waals surface area contributed by atoms with Crippen LogP contribution in [0.15, 0.2) is 47.4 Å². The fourth-order valence-electron chi connectivity index (χ4n) is 2.30. The topological polar surface area (TPSA) is 75.7 Å². The molecule has 8 heteroatoms. The molecule has 0 aliphatic rings. The van der Waals surface area contributed by atoms with E-state index in [0.717, 1.165) is 15.4 Å². The van der Waals surface area contributed by atoms with Gasteiger partial charge in [0.25, 0.3) is 5.91 Å². The molecule has 0 spiro atoms. The fourth-order valence-corrected chi connectivity index (χ4v) is 3.69. The zero-order valence-electron chi connectivity index (χ0n) is 15.5. The van der Waals surface area contributed by atoms with Gasteiger partial charge < -0.3 is 10.1 Å². The largest absolute Gasteiger partial charge is 0.377 e. The molecular formula is C19H23ClN2O4S. The lowest BCUT2D eigenvalue weighted by Gasteiger charge is -2.14. The minimum absolute atomic E-state index is 0.0742. The van der Waals surface area contributed by atoms with E-state index in [9.17, 15) is 13.2 Å². The van der Waals surface area contributed by atoms with Gasteiger partial charge in [0, 0.05) is 32.8 Å². The summed E-state index contributed by atoms with van der Waals surface area (Å²) >= 11 is 6.01. The van der Waals surface area contributed by atoms with Crippen molar-refractivity contribution >= 4 is 27.5 Å². The smallest absolute Gasteiger partial charge is 0.251 e. The lowest BCUT2D eigenvalue weighted by atomic mass is 10.1. The highest BCUT2D eigenvalue weighted by Gasteiger charge is 2.22. The van der Waals surface area contributed by atoms with E-state index in [1.807, 2.05) is 31.2 Å². The van der Waals surface area contributed by atoms with Crippen molar-refractivity contribution in [2.75, 3.05) is 20.7 Å². The standard InChI is InChI=1S/C19H23ClN2O4S/c1-4-26-13-15-7-5-14(6-8-15)12-21-19(23)16-9-10-17(20)18(11-16)27(24,25)22(2)3/h5-11H,4,12-13H2,1-3H3,(H,21,23). The number of carbonyl (C=O) groups excluding carboxylic acids is 1. The number of nitrogens with zero attached hydrogens (tertiary/aromatic N) is 1. The van der Waals surface area contributed by atoms with Crippen LogP contribution in [-0.4, -0.2) is 39.3 Å². The van der Waals surface area contributed by atoms with Gasteiger partial charge >= 0.3 is 0 Å². The third kappa shape index (κ3) is 5.52. The van der Waals surface area contributed by atoms with Crippen LogP contribution in [0, 0.1) is 0 Å². The van der Waals surface area contributed by atoms with Crippen molar-refractivity contribution in [3.05, 3.63) is 64.2 Å². The molecule has 0 saturated carbocycles. The molecule has 0 bridgehead atoms. The molecule has 0 fully saturated rings. The molecule has 0 aromatic heterocycles. The van der Waals surface area contributed by atoms with Crippen molar-refractivity contribution in [2.24, 2.45) is 0 Å². The van der Waals surface area contributed by atoms with Crippen molar-refractivity contribution in [3.8, 4) is 0 Å². The van der Waals surface area contributed by atoms with E-state index in [4.69, 9.17) is 16.3 Å². The molecule has 2 rings (SSSR count). The third-order valence-corrected chi connectivity index (χ3v) is 6.20. The van der Waals surface area contributed by atoms with Gasteiger partial charge in [0.15, 0.2) is 0 Å². The van der Waals surface area contributed by atoms with E-state index in [-0.39, 0.29) is 21.4 Å². The maximum Gasteiger partial charge on any atom is 0.251 e. The summed E-state index contributed by atoms with van der Waals surface area (Å²) in [6, 6.07) is 11.9. The number of nitrogens with one attached hydrogen (secondary N) is 1. The maximum absolute atomic E-state index is 12.4. The monoisotopic (exact) mass is 410 g/mol. The maximum atomic E-state index is 12.4. The Labute approximate surface area is 165 Å². The van der Waals surface area contributed by atoms with Crippen LogP contribution in [0.3, 0.4) is 0 Å². The molecule has 0 atom stereocenters. The average molecular weight is 411 g/mol. The number of hydrogen-bond donors (Lipinski definition) is 1. The van der Waals surface area contributed by atoms with E-state index >= 15 is 0 Å². The van der Waals surface area contributed by atoms with Crippen LogP contribution in [0.25, 0.3) is 0 Å². The molecule has 1 amide bonds. The molecule has 2 aromatic rings. The highest BCUT2D eigenvalue weighted by atomic mass is 35.5. The number of sulfonamides is 1. The minimum atomic E-state index is -3.73. The van der Waals surface area contributed by atoms with Crippen LogP contribution >= 0.6 is 11.6 Å². The van der Waals surface area contributed by atoms with Crippen LogP contribution in [0.4, 0.5) is 0 Å². The summed E-state index contributed by atoms with van der Waals surface area (Å²) in [5.41, 5.74) is 2.22. The highest BCUT2D eigenvalue weighted by Crippen LogP contribution is 2.24. The molecule has 0 unspecified atom stereocenters. The molecule has 0 saturated heterocycles. The summed E-state index contributed by atoms with van der Waals surface area (Å²) < 4.78 is 31.0. The fraction of sp³-hybridized carbons (Fsp3) is 0.316. The summed E-state index contributed by atoms with van der Waals surface area (Å²) in [6.07, 6.45) is 0. The van der Waals surface area contributed by atoms with E-state index in [2.05, 4.69) is 5.32 Å². The summed E-state index contributed by atoms with van der Waals surface area (Å²) in [4.78, 5) is 12.3. The summed E-state index contributed by atoms with van der Waals surface area (Å²) in [5.74, 6) is -0.375. The van der Waals surface area contributed by atoms with Gasteiger partial charge in [-0.25, -0.2) is 12.7 Å². The van der Waals surface area contributed by atoms with Gasteiger partial charge in [-0.15, -0.1) is 0 Å². The van der Waals surface area contributed by atoms with Gasteiger partial charge in [0.1, 0.15) is 4.90 Å². The Bertz CT molecular complexity index is 896. The SMILES string of the molecule is CCOCc1ccc(CNC(=O)c2ccc(Cl)c(S(=O)(=O)N(C)C)c2)cc1. The summed E-state index contributed by atoms with van der Waals surface area (Å²) in [6.45, 7) is 3.48. The Morgan fingerprint density at radius 3 is 2.33 bits per heavy atom. The molecule has 6 nitrogen and oxygen atoms in total. The Morgan fingerprint density at radius 1 is 1.11 bits per heavy atom. The third-order valence-electron chi connectivity index (χ3n) is 3.90. The average Bonchev–Trinajstić information content (AvgIpc) is 2.65. The quantitative estimate of drug-likeness (QED) is 0.725. The molecule has 0 aliphatic carbocycles. The van der Waals surface area contributed by atoms with Crippen molar-refractivity contribution in [1.82, 2.24) is 9.62 Å². The first-order chi connectivity index (χ1) is 12.8. The van der Waals surface area contributed by atoms with Gasteiger partial charge in [-0.2, -0.15) is 0 Å². The van der Waals surface area contributed by atoms with Gasteiger partial charge in [-0.3, -0.25) is 4.79 Å². The number of ether oxygens (including phenoxy) is 1. The van der Waals surface area contributed by atoms with Gasteiger partial charge in [-0.1, -0.05) is 35.9 Å². The number of halogens is 1. The normalized spacial score (nSPS) is 11.6. The van der Waals surface area contributed by atoms with Crippen LogP contribution in [0.5, 0.6) is 0 Å².